The molecule has 3 aromatic rings. The zero-order valence-electron chi connectivity index (χ0n) is 13.2. The fourth-order valence-electron chi connectivity index (χ4n) is 2.51. The maximum atomic E-state index is 11.6. The molecule has 0 fully saturated rings. The molecule has 0 atom stereocenters. The van der Waals surface area contributed by atoms with Crippen LogP contribution in [-0.2, 0) is 11.2 Å². The molecule has 0 spiro atoms. The van der Waals surface area contributed by atoms with E-state index in [1.807, 2.05) is 18.2 Å². The lowest BCUT2D eigenvalue weighted by Crippen LogP contribution is -2.03. The third-order valence-corrected chi connectivity index (χ3v) is 3.99. The molecule has 0 aliphatic heterocycles. The summed E-state index contributed by atoms with van der Waals surface area (Å²) in [4.78, 5) is 20.2. The summed E-state index contributed by atoms with van der Waals surface area (Å²) in [5.74, 6) is 0.101. The van der Waals surface area contributed by atoms with E-state index in [0.717, 1.165) is 22.0 Å². The average Bonchev–Trinajstić information content (AvgIpc) is 2.60. The van der Waals surface area contributed by atoms with Gasteiger partial charge in [0.2, 0.25) is 5.88 Å². The van der Waals surface area contributed by atoms with E-state index in [-0.39, 0.29) is 0 Å². The second-order valence-corrected chi connectivity index (χ2v) is 5.61. The summed E-state index contributed by atoms with van der Waals surface area (Å²) in [7, 11) is 2.92. The zero-order valence-corrected chi connectivity index (χ0v) is 14.0. The number of nitrogens with zero attached hydrogens (tertiary/aromatic N) is 2. The maximum absolute atomic E-state index is 11.6. The zero-order chi connectivity index (χ0) is 17.1. The van der Waals surface area contributed by atoms with Crippen LogP contribution in [0.5, 0.6) is 5.88 Å². The molecule has 3 rings (SSSR count). The number of carbonyl (C=O) groups excluding carboxylic acids is 1. The van der Waals surface area contributed by atoms with Crippen LogP contribution in [0.15, 0.2) is 42.7 Å². The fraction of sp³-hybridized carbons (Fsp3) is 0.167. The largest absolute Gasteiger partial charge is 0.481 e. The second kappa shape index (κ2) is 6.84. The quantitative estimate of drug-likeness (QED) is 0.677. The van der Waals surface area contributed by atoms with Gasteiger partial charge in [-0.1, -0.05) is 17.7 Å². The van der Waals surface area contributed by atoms with Crippen molar-refractivity contribution in [2.24, 2.45) is 0 Å². The van der Waals surface area contributed by atoms with E-state index in [1.54, 1.807) is 31.6 Å². The summed E-state index contributed by atoms with van der Waals surface area (Å²) in [6, 6.07) is 9.08. The standard InChI is InChI=1S/C18H15ClN2O3/c1-23-17-12(9-13-10-20-6-5-16(13)21-17)7-11-3-4-14(15(19)8-11)18(22)24-2/h3-6,8-10H,7H2,1-2H3. The Morgan fingerprint density at radius 3 is 2.75 bits per heavy atom. The number of pyridine rings is 2. The smallest absolute Gasteiger partial charge is 0.339 e. The summed E-state index contributed by atoms with van der Waals surface area (Å²) in [6.45, 7) is 0. The molecule has 0 saturated heterocycles. The van der Waals surface area contributed by atoms with Crippen LogP contribution < -0.4 is 4.74 Å². The number of hydrogen-bond acceptors (Lipinski definition) is 5. The van der Waals surface area contributed by atoms with Gasteiger partial charge in [0, 0.05) is 29.8 Å². The van der Waals surface area contributed by atoms with Crippen molar-refractivity contribution in [1.82, 2.24) is 9.97 Å². The minimum Gasteiger partial charge on any atom is -0.481 e. The Labute approximate surface area is 144 Å². The van der Waals surface area contributed by atoms with Crippen LogP contribution in [-0.4, -0.2) is 30.2 Å². The molecule has 122 valence electrons. The van der Waals surface area contributed by atoms with Crippen molar-refractivity contribution in [3.8, 4) is 5.88 Å². The molecule has 24 heavy (non-hydrogen) atoms. The summed E-state index contributed by atoms with van der Waals surface area (Å²) < 4.78 is 10.1. The molecule has 0 N–H and O–H groups in total. The van der Waals surface area contributed by atoms with Gasteiger partial charge in [0.15, 0.2) is 0 Å². The number of fused-ring (bicyclic) bond motifs is 1. The summed E-state index contributed by atoms with van der Waals surface area (Å²) >= 11 is 6.18. The van der Waals surface area contributed by atoms with Crippen LogP contribution in [0.2, 0.25) is 5.02 Å². The van der Waals surface area contributed by atoms with Gasteiger partial charge in [-0.05, 0) is 29.8 Å². The lowest BCUT2D eigenvalue weighted by atomic mass is 10.0. The highest BCUT2D eigenvalue weighted by atomic mass is 35.5. The van der Waals surface area contributed by atoms with Crippen LogP contribution in [0, 0.1) is 0 Å². The predicted molar refractivity (Wildman–Crippen MR) is 91.7 cm³/mol. The molecule has 0 saturated carbocycles. The maximum Gasteiger partial charge on any atom is 0.339 e. The van der Waals surface area contributed by atoms with E-state index in [4.69, 9.17) is 21.1 Å². The molecule has 0 unspecified atom stereocenters. The van der Waals surface area contributed by atoms with Gasteiger partial charge < -0.3 is 9.47 Å². The van der Waals surface area contributed by atoms with E-state index >= 15 is 0 Å². The average molecular weight is 343 g/mol. The molecule has 2 heterocycles. The Kier molecular flexibility index (Phi) is 4.62. The Hall–Kier alpha value is -2.66. The van der Waals surface area contributed by atoms with Crippen molar-refractivity contribution < 1.29 is 14.3 Å². The lowest BCUT2D eigenvalue weighted by Gasteiger charge is -2.10. The Bertz CT molecular complexity index is 912. The van der Waals surface area contributed by atoms with Crippen LogP contribution in [0.3, 0.4) is 0 Å². The normalized spacial score (nSPS) is 10.6. The first kappa shape index (κ1) is 16.2. The van der Waals surface area contributed by atoms with E-state index in [1.165, 1.54) is 7.11 Å². The highest BCUT2D eigenvalue weighted by Gasteiger charge is 2.13. The number of esters is 1. The van der Waals surface area contributed by atoms with E-state index < -0.39 is 5.97 Å². The van der Waals surface area contributed by atoms with E-state index in [0.29, 0.717) is 22.9 Å². The Morgan fingerprint density at radius 1 is 1.21 bits per heavy atom. The minimum atomic E-state index is -0.456. The number of methoxy groups -OCH3 is 2. The number of benzene rings is 1. The summed E-state index contributed by atoms with van der Waals surface area (Å²) in [5, 5.41) is 1.29. The van der Waals surface area contributed by atoms with Gasteiger partial charge in [-0.2, -0.15) is 0 Å². The molecule has 1 aromatic carbocycles. The number of aromatic nitrogens is 2. The molecule has 5 nitrogen and oxygen atoms in total. The first-order chi connectivity index (χ1) is 11.6. The van der Waals surface area contributed by atoms with Crippen LogP contribution >= 0.6 is 11.6 Å². The van der Waals surface area contributed by atoms with Crippen molar-refractivity contribution in [3.63, 3.8) is 0 Å². The molecule has 6 heteroatoms. The van der Waals surface area contributed by atoms with Gasteiger partial charge in [0.25, 0.3) is 0 Å². The minimum absolute atomic E-state index is 0.343. The number of carbonyl (C=O) groups is 1. The molecule has 0 amide bonds. The van der Waals surface area contributed by atoms with Crippen LogP contribution in [0.4, 0.5) is 0 Å². The first-order valence-corrected chi connectivity index (χ1v) is 7.64. The van der Waals surface area contributed by atoms with E-state index in [2.05, 4.69) is 9.97 Å². The second-order valence-electron chi connectivity index (χ2n) is 5.21. The van der Waals surface area contributed by atoms with Gasteiger partial charge >= 0.3 is 5.97 Å². The monoisotopic (exact) mass is 342 g/mol. The summed E-state index contributed by atoms with van der Waals surface area (Å²) in [5.41, 5.74) is 3.02. The lowest BCUT2D eigenvalue weighted by molar-refractivity contribution is 0.0601. The van der Waals surface area contributed by atoms with Crippen LogP contribution in [0.25, 0.3) is 10.9 Å². The number of ether oxygens (including phenoxy) is 2. The number of rotatable bonds is 4. The third-order valence-electron chi connectivity index (χ3n) is 3.68. The predicted octanol–water partition coefficient (Wildman–Crippen LogP) is 3.67. The van der Waals surface area contributed by atoms with Gasteiger partial charge in [0.1, 0.15) is 0 Å². The van der Waals surface area contributed by atoms with Gasteiger partial charge in [-0.15, -0.1) is 0 Å². The molecule has 0 aliphatic rings. The molecular formula is C18H15ClN2O3. The van der Waals surface area contributed by atoms with E-state index in [9.17, 15) is 4.79 Å². The van der Waals surface area contributed by atoms with Gasteiger partial charge in [-0.3, -0.25) is 4.98 Å². The molecule has 0 bridgehead atoms. The molecule has 2 aromatic heterocycles. The Morgan fingerprint density at radius 2 is 2.04 bits per heavy atom. The van der Waals surface area contributed by atoms with Gasteiger partial charge in [-0.25, -0.2) is 9.78 Å². The highest BCUT2D eigenvalue weighted by molar-refractivity contribution is 6.33. The number of halogens is 1. The third kappa shape index (κ3) is 3.16. The van der Waals surface area contributed by atoms with Crippen molar-refractivity contribution >= 4 is 28.5 Å². The van der Waals surface area contributed by atoms with Gasteiger partial charge in [0.05, 0.1) is 30.3 Å². The van der Waals surface area contributed by atoms with Crippen molar-refractivity contribution in [1.29, 1.82) is 0 Å². The fourth-order valence-corrected chi connectivity index (χ4v) is 2.79. The topological polar surface area (TPSA) is 61.3 Å². The molecule has 0 radical (unpaired) electrons. The van der Waals surface area contributed by atoms with Crippen molar-refractivity contribution in [3.05, 3.63) is 64.4 Å². The SMILES string of the molecule is COC(=O)c1ccc(Cc2cc3cnccc3nc2OC)cc1Cl. The Balaban J connectivity index is 1.97. The van der Waals surface area contributed by atoms with Crippen molar-refractivity contribution in [2.75, 3.05) is 14.2 Å². The first-order valence-electron chi connectivity index (χ1n) is 7.26. The summed E-state index contributed by atoms with van der Waals surface area (Å²) in [6.07, 6.45) is 4.03. The number of hydrogen-bond donors (Lipinski definition) is 0. The molecule has 0 aliphatic carbocycles. The van der Waals surface area contributed by atoms with Crippen molar-refractivity contribution in [2.45, 2.75) is 6.42 Å². The highest BCUT2D eigenvalue weighted by Crippen LogP contribution is 2.26. The van der Waals surface area contributed by atoms with Crippen LogP contribution in [0.1, 0.15) is 21.5 Å². The molecular weight excluding hydrogens is 328 g/mol.